The van der Waals surface area contributed by atoms with Crippen molar-refractivity contribution in [2.24, 2.45) is 7.05 Å². The molecule has 6 aromatic rings. The average molecular weight is 1030 g/mol. The number of carboxylic acids is 1. The normalized spacial score (nSPS) is 18.6. The van der Waals surface area contributed by atoms with Gasteiger partial charge in [0.1, 0.15) is 23.6 Å². The number of benzene rings is 3. The van der Waals surface area contributed by atoms with Gasteiger partial charge in [-0.05, 0) is 93.0 Å². The number of imide groups is 1. The van der Waals surface area contributed by atoms with Gasteiger partial charge >= 0.3 is 12.0 Å². The van der Waals surface area contributed by atoms with Crippen molar-refractivity contribution in [3.63, 3.8) is 0 Å². The van der Waals surface area contributed by atoms with Crippen molar-refractivity contribution in [1.29, 1.82) is 0 Å². The van der Waals surface area contributed by atoms with Crippen LogP contribution in [-0.2, 0) is 31.8 Å². The molecule has 1 aliphatic carbocycles. The van der Waals surface area contributed by atoms with Crippen molar-refractivity contribution in [3.05, 3.63) is 112 Å². The standard InChI is InChI=1S/C57H64N10O9/c1-56(60-24-7-8-37-11-16-48(75-3)47(32-37)66-28-20-49(70)67(55(66)74)36-59-46(21-31-68)53(72)73)22-29-64(30-23-56)40-18-26-65(27-19-40)54-61-45-15-12-38(44-34-63(2)52(71)50-42(44)17-25-58-50)33-43(45)51(62-54)57(35-69,76-41-13-14-41)39-9-5-4-6-10-39/h4-6,9-12,15-17,25,31-34,40-41,46,58-60,69H,13-14,18-24,26-30,35-36H2,1-3H3,(H,72,73)/t46?,57-/m0/s1. The molecule has 0 bridgehead atoms. The molecule has 1 saturated carbocycles. The van der Waals surface area contributed by atoms with E-state index in [1.807, 2.05) is 60.8 Å². The third-order valence-corrected chi connectivity index (χ3v) is 15.5. The number of aldehydes is 1. The van der Waals surface area contributed by atoms with Crippen LogP contribution in [0.5, 0.6) is 5.75 Å². The minimum atomic E-state index is -1.26. The Morgan fingerprint density at radius 3 is 2.46 bits per heavy atom. The average Bonchev–Trinajstić information content (AvgIpc) is 4.14. The number of amides is 3. The Balaban J connectivity index is 0.801. The summed E-state index contributed by atoms with van der Waals surface area (Å²) in [7, 11) is 3.25. The molecule has 1 unspecified atom stereocenters. The highest BCUT2D eigenvalue weighted by Gasteiger charge is 2.44. The van der Waals surface area contributed by atoms with Crippen molar-refractivity contribution in [2.45, 2.75) is 87.6 Å². The lowest BCUT2D eigenvalue weighted by Gasteiger charge is -2.45. The van der Waals surface area contributed by atoms with Gasteiger partial charge in [0, 0.05) is 98.5 Å². The van der Waals surface area contributed by atoms with Crippen LogP contribution in [0.4, 0.5) is 16.4 Å². The maximum atomic E-state index is 13.6. The number of carbonyl (C=O) groups excluding carboxylic acids is 3. The van der Waals surface area contributed by atoms with E-state index < -0.39 is 29.6 Å². The first-order valence-corrected chi connectivity index (χ1v) is 26.1. The van der Waals surface area contributed by atoms with Crippen LogP contribution in [0.2, 0.25) is 0 Å². The van der Waals surface area contributed by atoms with Gasteiger partial charge in [-0.15, -0.1) is 0 Å². The van der Waals surface area contributed by atoms with Gasteiger partial charge in [0.05, 0.1) is 49.9 Å². The first kappa shape index (κ1) is 52.0. The monoisotopic (exact) mass is 1030 g/mol. The highest BCUT2D eigenvalue weighted by molar-refractivity contribution is 6.06. The zero-order valence-electron chi connectivity index (χ0n) is 43.1. The largest absolute Gasteiger partial charge is 0.495 e. The molecule has 3 aromatic heterocycles. The number of hydrogen-bond acceptors (Lipinski definition) is 14. The topological polar surface area (TPSA) is 228 Å². The van der Waals surface area contributed by atoms with E-state index in [2.05, 4.69) is 50.2 Å². The number of aryl methyl sites for hydroxylation is 1. The van der Waals surface area contributed by atoms with Crippen LogP contribution in [0.1, 0.15) is 75.1 Å². The zero-order valence-corrected chi connectivity index (χ0v) is 43.1. The summed E-state index contributed by atoms with van der Waals surface area (Å²) in [6, 6.07) is 21.7. The number of methoxy groups -OCH3 is 1. The predicted octanol–water partition coefficient (Wildman–Crippen LogP) is 5.11. The maximum Gasteiger partial charge on any atom is 0.332 e. The van der Waals surface area contributed by atoms with E-state index in [-0.39, 0.29) is 49.9 Å². The van der Waals surface area contributed by atoms with Crippen LogP contribution in [0.25, 0.3) is 32.9 Å². The number of urea groups is 1. The van der Waals surface area contributed by atoms with E-state index in [1.54, 1.807) is 29.9 Å². The number of H-pyrrole nitrogens is 1. The molecule has 10 rings (SSSR count). The van der Waals surface area contributed by atoms with Gasteiger partial charge in [0.2, 0.25) is 11.9 Å². The number of carboxylic acid groups (broad SMARTS) is 1. The number of nitrogens with zero attached hydrogens (tertiary/aromatic N) is 7. The molecule has 3 amide bonds. The quantitative estimate of drug-likeness (QED) is 0.0557. The summed E-state index contributed by atoms with van der Waals surface area (Å²) in [6.07, 6.45) is 9.40. The zero-order chi connectivity index (χ0) is 53.1. The van der Waals surface area contributed by atoms with Gasteiger partial charge in [0.15, 0.2) is 5.60 Å². The summed E-state index contributed by atoms with van der Waals surface area (Å²) in [6.45, 7) is 5.53. The molecule has 396 valence electrons. The number of aromatic nitrogens is 4. The van der Waals surface area contributed by atoms with E-state index in [9.17, 15) is 34.2 Å². The van der Waals surface area contributed by atoms with E-state index in [0.29, 0.717) is 53.0 Å². The molecule has 4 fully saturated rings. The SMILES string of the molecule is COc1ccc(C#CCNC2(C)CCN(C3CCN(c4nc([C@@](CO)(OC5CC5)c5ccccc5)c5cc(-c6cn(C)c(=O)c7[nH]ccc67)ccc5n4)CC3)CC2)cc1N1CCC(=O)N(CNC(CC=O)C(=O)O)C1=O. The number of nitrogens with one attached hydrogen (secondary N) is 3. The lowest BCUT2D eigenvalue weighted by atomic mass is 9.87. The van der Waals surface area contributed by atoms with Crippen LogP contribution >= 0.6 is 0 Å². The van der Waals surface area contributed by atoms with Crippen molar-refractivity contribution < 1.29 is 38.9 Å². The summed E-state index contributed by atoms with van der Waals surface area (Å²) < 4.78 is 14.1. The Labute approximate surface area is 440 Å². The molecule has 6 heterocycles. The molecule has 76 heavy (non-hydrogen) atoms. The molecule has 19 heteroatoms. The summed E-state index contributed by atoms with van der Waals surface area (Å²) in [5.74, 6) is 5.78. The number of ether oxygens (including phenoxy) is 2. The molecule has 0 spiro atoms. The number of fused-ring (bicyclic) bond motifs is 2. The van der Waals surface area contributed by atoms with E-state index in [0.717, 1.165) is 103 Å². The fourth-order valence-corrected chi connectivity index (χ4v) is 10.9. The number of rotatable bonds is 18. The fourth-order valence-electron chi connectivity index (χ4n) is 10.9. The molecule has 19 nitrogen and oxygen atoms in total. The van der Waals surface area contributed by atoms with Gasteiger partial charge in [0.25, 0.3) is 5.56 Å². The number of aliphatic carboxylic acids is 1. The van der Waals surface area contributed by atoms with Crippen molar-refractivity contribution >= 4 is 57.6 Å². The molecule has 3 saturated heterocycles. The third-order valence-electron chi connectivity index (χ3n) is 15.5. The minimum absolute atomic E-state index is 0.00973. The smallest absolute Gasteiger partial charge is 0.332 e. The Morgan fingerprint density at radius 1 is 0.974 bits per heavy atom. The van der Waals surface area contributed by atoms with Crippen LogP contribution in [0, 0.1) is 11.8 Å². The van der Waals surface area contributed by atoms with Crippen LogP contribution in [0.3, 0.4) is 0 Å². The highest BCUT2D eigenvalue weighted by atomic mass is 16.5. The van der Waals surface area contributed by atoms with E-state index in [1.165, 1.54) is 12.0 Å². The van der Waals surface area contributed by atoms with Crippen molar-refractivity contribution in [3.8, 4) is 28.7 Å². The predicted molar refractivity (Wildman–Crippen MR) is 287 cm³/mol. The van der Waals surface area contributed by atoms with E-state index >= 15 is 0 Å². The Morgan fingerprint density at radius 2 is 1.75 bits per heavy atom. The van der Waals surface area contributed by atoms with Gasteiger partial charge in [-0.1, -0.05) is 48.2 Å². The second-order valence-electron chi connectivity index (χ2n) is 20.5. The highest BCUT2D eigenvalue weighted by Crippen LogP contribution is 2.43. The molecule has 0 radical (unpaired) electrons. The lowest BCUT2D eigenvalue weighted by molar-refractivity contribution is -0.141. The number of anilines is 2. The number of piperidine rings is 2. The van der Waals surface area contributed by atoms with Crippen molar-refractivity contribution in [1.82, 2.24) is 40.0 Å². The first-order chi connectivity index (χ1) is 36.8. The second-order valence-corrected chi connectivity index (χ2v) is 20.5. The number of aliphatic hydroxyl groups excluding tert-OH is 1. The Hall–Kier alpha value is -7.47. The van der Waals surface area contributed by atoms with Crippen LogP contribution in [0.15, 0.2) is 90.0 Å². The molecule has 2 atom stereocenters. The maximum absolute atomic E-state index is 13.6. The van der Waals surface area contributed by atoms with Crippen LogP contribution < -0.4 is 30.7 Å². The summed E-state index contributed by atoms with van der Waals surface area (Å²) >= 11 is 0. The number of likely N-dealkylation sites (tertiary alicyclic amines) is 1. The number of aromatic amines is 1. The number of aliphatic hydroxyl groups is 1. The summed E-state index contributed by atoms with van der Waals surface area (Å²) in [5, 5.41) is 28.9. The number of pyridine rings is 1. The Kier molecular flexibility index (Phi) is 15.1. The van der Waals surface area contributed by atoms with Gasteiger partial charge in [-0.2, -0.15) is 0 Å². The van der Waals surface area contributed by atoms with Gasteiger partial charge < -0.3 is 49.1 Å². The number of hydrogen-bond donors (Lipinski definition) is 5. The fraction of sp³-hybridized carbons (Fsp3) is 0.421. The molecule has 3 aliphatic heterocycles. The summed E-state index contributed by atoms with van der Waals surface area (Å²) in [4.78, 5) is 82.9. The lowest BCUT2D eigenvalue weighted by Crippen LogP contribution is -2.56. The third kappa shape index (κ3) is 10.6. The van der Waals surface area contributed by atoms with Crippen LogP contribution in [-0.4, -0.2) is 147 Å². The minimum Gasteiger partial charge on any atom is -0.495 e. The Bertz CT molecular complexity index is 3280. The summed E-state index contributed by atoms with van der Waals surface area (Å²) in [5.41, 5.74) is 4.11. The van der Waals surface area contributed by atoms with Gasteiger partial charge in [-0.3, -0.25) is 29.5 Å². The second kappa shape index (κ2) is 22.0. The molecular weight excluding hydrogens is 969 g/mol. The first-order valence-electron chi connectivity index (χ1n) is 26.1. The molecule has 3 aromatic carbocycles. The van der Waals surface area contributed by atoms with Crippen molar-refractivity contribution in [2.75, 3.05) is 69.5 Å². The van der Waals surface area contributed by atoms with Gasteiger partial charge in [-0.25, -0.2) is 14.8 Å². The number of carbonyl (C=O) groups is 4. The molecule has 4 aliphatic rings. The molecular formula is C57H64N10O9. The van der Waals surface area contributed by atoms with E-state index in [4.69, 9.17) is 19.4 Å². The molecule has 5 N–H and O–H groups in total.